The number of fused-ring (bicyclic) bond motifs is 1. The number of ether oxygens (including phenoxy) is 2. The van der Waals surface area contributed by atoms with Gasteiger partial charge in [-0.05, 0) is 63.2 Å². The lowest BCUT2D eigenvalue weighted by atomic mass is 9.68. The summed E-state index contributed by atoms with van der Waals surface area (Å²) in [7, 11) is 6.97. The summed E-state index contributed by atoms with van der Waals surface area (Å²) in [4.78, 5) is 30.3. The number of carbonyl (C=O) groups excluding carboxylic acids is 1. The predicted molar refractivity (Wildman–Crippen MR) is 146 cm³/mol. The Bertz CT molecular complexity index is 1370. The summed E-state index contributed by atoms with van der Waals surface area (Å²) in [6, 6.07) is 10.6. The van der Waals surface area contributed by atoms with Gasteiger partial charge in [0.2, 0.25) is 5.91 Å². The van der Waals surface area contributed by atoms with Crippen LogP contribution in [0, 0.1) is 5.92 Å². The van der Waals surface area contributed by atoms with E-state index in [0.717, 1.165) is 0 Å². The molecule has 198 valence electrons. The average Bonchev–Trinajstić information content (AvgIpc) is 2.84. The van der Waals surface area contributed by atoms with Crippen molar-refractivity contribution in [1.82, 2.24) is 15.2 Å². The molecule has 3 aromatic rings. The summed E-state index contributed by atoms with van der Waals surface area (Å²) >= 11 is 6.17. The van der Waals surface area contributed by atoms with E-state index < -0.39 is 5.60 Å². The maximum Gasteiger partial charge on any atom is 0.260 e. The molecule has 9 heteroatoms. The minimum atomic E-state index is -1.28. The van der Waals surface area contributed by atoms with Crippen molar-refractivity contribution in [2.24, 2.45) is 5.92 Å². The van der Waals surface area contributed by atoms with Crippen LogP contribution in [0.4, 0.5) is 0 Å². The first-order valence-electron chi connectivity index (χ1n) is 12.3. The standard InChI is InChI=1S/C28H34ClN3O5/c1-16(33)30-19-11-12-28(35,17(13-19)15-32(2)3)21-7-6-8-23(36-4)24(21)25-26(37-5)20-10-9-18(29)14-22(20)31-27(25)34/h6-10,14,17,19,35H,11-13,15H2,1-5H3,(H,30,33)(H,31,34). The first kappa shape index (κ1) is 27.0. The van der Waals surface area contributed by atoms with Gasteiger partial charge in [-0.2, -0.15) is 0 Å². The maximum atomic E-state index is 13.6. The van der Waals surface area contributed by atoms with Gasteiger partial charge in [-0.25, -0.2) is 0 Å². The molecule has 1 saturated carbocycles. The van der Waals surface area contributed by atoms with Crippen LogP contribution in [-0.2, 0) is 10.4 Å². The number of aromatic nitrogens is 1. The first-order chi connectivity index (χ1) is 17.6. The van der Waals surface area contributed by atoms with Gasteiger partial charge in [-0.3, -0.25) is 9.59 Å². The number of aromatic amines is 1. The Hall–Kier alpha value is -3.07. The lowest BCUT2D eigenvalue weighted by Crippen LogP contribution is -2.50. The van der Waals surface area contributed by atoms with Crippen LogP contribution in [0.25, 0.3) is 22.0 Å². The number of pyridine rings is 1. The molecule has 0 spiro atoms. The molecule has 37 heavy (non-hydrogen) atoms. The van der Waals surface area contributed by atoms with Gasteiger partial charge in [0.05, 0.1) is 30.9 Å². The Morgan fingerprint density at radius 3 is 2.62 bits per heavy atom. The van der Waals surface area contributed by atoms with E-state index in [4.69, 9.17) is 21.1 Å². The molecule has 1 amide bonds. The number of hydrogen-bond acceptors (Lipinski definition) is 6. The van der Waals surface area contributed by atoms with Crippen LogP contribution in [0.5, 0.6) is 11.5 Å². The van der Waals surface area contributed by atoms with E-state index in [2.05, 4.69) is 10.3 Å². The molecule has 0 bridgehead atoms. The minimum absolute atomic E-state index is 0.0415. The number of nitrogens with zero attached hydrogens (tertiary/aromatic N) is 1. The molecule has 1 aliphatic carbocycles. The van der Waals surface area contributed by atoms with E-state index in [1.165, 1.54) is 14.0 Å². The number of aliphatic hydroxyl groups is 1. The van der Waals surface area contributed by atoms with Gasteiger partial charge in [-0.1, -0.05) is 23.7 Å². The molecule has 3 N–H and O–H groups in total. The van der Waals surface area contributed by atoms with Crippen LogP contribution >= 0.6 is 11.6 Å². The van der Waals surface area contributed by atoms with Crippen molar-refractivity contribution in [1.29, 1.82) is 0 Å². The number of halogens is 1. The van der Waals surface area contributed by atoms with Crippen molar-refractivity contribution in [2.45, 2.75) is 37.8 Å². The molecular weight excluding hydrogens is 494 g/mol. The van der Waals surface area contributed by atoms with E-state index in [0.29, 0.717) is 64.4 Å². The zero-order valence-electron chi connectivity index (χ0n) is 21.9. The van der Waals surface area contributed by atoms with Gasteiger partial charge in [0.1, 0.15) is 11.5 Å². The molecule has 3 unspecified atom stereocenters. The smallest absolute Gasteiger partial charge is 0.260 e. The van der Waals surface area contributed by atoms with E-state index in [9.17, 15) is 14.7 Å². The Balaban J connectivity index is 1.97. The second-order valence-electron chi connectivity index (χ2n) is 9.99. The highest BCUT2D eigenvalue weighted by molar-refractivity contribution is 6.31. The fourth-order valence-corrected chi connectivity index (χ4v) is 5.87. The second-order valence-corrected chi connectivity index (χ2v) is 10.4. The van der Waals surface area contributed by atoms with E-state index >= 15 is 0 Å². The highest BCUT2D eigenvalue weighted by atomic mass is 35.5. The number of methoxy groups -OCH3 is 2. The summed E-state index contributed by atoms with van der Waals surface area (Å²) in [6.45, 7) is 2.10. The topological polar surface area (TPSA) is 104 Å². The van der Waals surface area contributed by atoms with Crippen molar-refractivity contribution in [3.05, 3.63) is 57.3 Å². The summed E-state index contributed by atoms with van der Waals surface area (Å²) in [6.07, 6.45) is 1.59. The molecule has 1 aliphatic rings. The second kappa shape index (κ2) is 10.7. The van der Waals surface area contributed by atoms with Crippen LogP contribution in [0.3, 0.4) is 0 Å². The first-order valence-corrected chi connectivity index (χ1v) is 12.7. The van der Waals surface area contributed by atoms with Crippen molar-refractivity contribution < 1.29 is 19.4 Å². The summed E-state index contributed by atoms with van der Waals surface area (Å²) in [5, 5.41) is 16.6. The molecule has 0 saturated heterocycles. The normalized spacial score (nSPS) is 21.7. The number of rotatable bonds is 7. The lowest BCUT2D eigenvalue weighted by Gasteiger charge is -2.45. The SMILES string of the molecule is COc1cccc(C2(O)CCC(NC(C)=O)CC2CN(C)C)c1-c1c(OC)c2ccc(Cl)cc2[nH]c1=O. The quantitative estimate of drug-likeness (QED) is 0.430. The number of hydrogen-bond donors (Lipinski definition) is 3. The Morgan fingerprint density at radius 1 is 1.22 bits per heavy atom. The van der Waals surface area contributed by atoms with Gasteiger partial charge >= 0.3 is 0 Å². The minimum Gasteiger partial charge on any atom is -0.496 e. The third kappa shape index (κ3) is 5.19. The van der Waals surface area contributed by atoms with E-state index in [1.807, 2.05) is 31.1 Å². The van der Waals surface area contributed by atoms with Gasteiger partial charge in [0.25, 0.3) is 5.56 Å². The van der Waals surface area contributed by atoms with Gasteiger partial charge in [0.15, 0.2) is 0 Å². The number of nitrogens with one attached hydrogen (secondary N) is 2. The maximum absolute atomic E-state index is 13.6. The van der Waals surface area contributed by atoms with E-state index in [-0.39, 0.29) is 29.0 Å². The molecule has 1 aromatic heterocycles. The van der Waals surface area contributed by atoms with Crippen LogP contribution < -0.4 is 20.3 Å². The molecule has 3 atom stereocenters. The highest BCUT2D eigenvalue weighted by Crippen LogP contribution is 2.49. The molecule has 2 aromatic carbocycles. The zero-order chi connectivity index (χ0) is 26.9. The van der Waals surface area contributed by atoms with Crippen LogP contribution in [0.15, 0.2) is 41.2 Å². The van der Waals surface area contributed by atoms with Crippen LogP contribution in [0.2, 0.25) is 5.02 Å². The average molecular weight is 528 g/mol. The Labute approximate surface area is 221 Å². The highest BCUT2D eigenvalue weighted by Gasteiger charge is 2.46. The van der Waals surface area contributed by atoms with Crippen LogP contribution in [0.1, 0.15) is 31.7 Å². The summed E-state index contributed by atoms with van der Waals surface area (Å²) in [5.41, 5.74) is 0.258. The van der Waals surface area contributed by atoms with Crippen molar-refractivity contribution in [2.75, 3.05) is 34.9 Å². The number of benzene rings is 2. The molecular formula is C28H34ClN3O5. The third-order valence-electron chi connectivity index (χ3n) is 7.21. The van der Waals surface area contributed by atoms with Gasteiger partial charge in [0, 0.05) is 41.4 Å². The van der Waals surface area contributed by atoms with Crippen molar-refractivity contribution in [3.63, 3.8) is 0 Å². The van der Waals surface area contributed by atoms with Crippen LogP contribution in [-0.4, -0.2) is 61.8 Å². The van der Waals surface area contributed by atoms with E-state index in [1.54, 1.807) is 31.4 Å². The zero-order valence-corrected chi connectivity index (χ0v) is 22.6. The lowest BCUT2D eigenvalue weighted by molar-refractivity contribution is -0.121. The molecule has 4 rings (SSSR count). The number of H-pyrrole nitrogens is 1. The Morgan fingerprint density at radius 2 is 1.97 bits per heavy atom. The van der Waals surface area contributed by atoms with Crippen molar-refractivity contribution in [3.8, 4) is 22.6 Å². The summed E-state index contributed by atoms with van der Waals surface area (Å²) < 4.78 is 11.5. The largest absolute Gasteiger partial charge is 0.496 e. The molecule has 8 nitrogen and oxygen atoms in total. The molecule has 1 heterocycles. The fraction of sp³-hybridized carbons (Fsp3) is 0.429. The monoisotopic (exact) mass is 527 g/mol. The van der Waals surface area contributed by atoms with Gasteiger partial charge in [-0.15, -0.1) is 0 Å². The van der Waals surface area contributed by atoms with Gasteiger partial charge < -0.3 is 29.8 Å². The Kier molecular flexibility index (Phi) is 7.83. The number of carbonyl (C=O) groups is 1. The molecule has 0 radical (unpaired) electrons. The summed E-state index contributed by atoms with van der Waals surface area (Å²) in [5.74, 6) is 0.522. The third-order valence-corrected chi connectivity index (χ3v) is 7.44. The fourth-order valence-electron chi connectivity index (χ4n) is 5.69. The number of amides is 1. The van der Waals surface area contributed by atoms with Crippen molar-refractivity contribution >= 4 is 28.4 Å². The molecule has 0 aliphatic heterocycles. The predicted octanol–water partition coefficient (Wildman–Crippen LogP) is 3.92. The molecule has 1 fully saturated rings.